The zero-order chi connectivity index (χ0) is 33.8. The Balaban J connectivity index is 1.38. The summed E-state index contributed by atoms with van der Waals surface area (Å²) in [5.41, 5.74) is 12.9. The molecule has 2 unspecified atom stereocenters. The Morgan fingerprint density at radius 3 is 2.46 bits per heavy atom. The number of carbonyl (C=O) groups excluding carboxylic acids is 5. The van der Waals surface area contributed by atoms with E-state index >= 15 is 0 Å². The molecular formula is C34H44N8O5S. The monoisotopic (exact) mass is 676 g/mol. The number of nitrogens with one attached hydrogen (secondary N) is 3. The van der Waals surface area contributed by atoms with Crippen LogP contribution in [0, 0.1) is 5.92 Å². The van der Waals surface area contributed by atoms with Gasteiger partial charge >= 0.3 is 0 Å². The summed E-state index contributed by atoms with van der Waals surface area (Å²) in [5, 5.41) is 10.3. The molecule has 4 heterocycles. The van der Waals surface area contributed by atoms with Gasteiger partial charge in [0.15, 0.2) is 5.96 Å². The van der Waals surface area contributed by atoms with Gasteiger partial charge in [-0.2, -0.15) is 0 Å². The van der Waals surface area contributed by atoms with Gasteiger partial charge in [0.25, 0.3) is 0 Å². The van der Waals surface area contributed by atoms with Crippen LogP contribution in [0.25, 0.3) is 0 Å². The lowest BCUT2D eigenvalue weighted by Gasteiger charge is -2.42. The first-order valence-corrected chi connectivity index (χ1v) is 17.7. The highest BCUT2D eigenvalue weighted by Gasteiger charge is 2.51. The number of hydrogen-bond donors (Lipinski definition) is 5. The Bertz CT molecular complexity index is 1560. The molecule has 13 nitrogen and oxygen atoms in total. The standard InChI is InChI=1S/C34H44N8O5S/c35-34(36)37-13-5-11-24-30(44)38-18-29(43)39-25(17-23-10-6-14-48-23)32(46)41-19-22-9-2-1-7-20(22)15-28(41)33(47)42-26-12-4-3-8-21(26)16-27(42)31(45)40-24/h1-2,6-7,9-10,14,21,24-28H,3-5,8,11-13,15-19H2,(H,38,44)(H,39,43)(H,40,45)(H4,35,36,37)/t21?,24-,25-,26?,27-,28+/m0/s1. The van der Waals surface area contributed by atoms with Crippen molar-refractivity contribution in [2.45, 2.75) is 94.5 Å². The molecule has 0 radical (unpaired) electrons. The van der Waals surface area contributed by atoms with E-state index in [0.717, 1.165) is 41.7 Å². The Hall–Kier alpha value is -4.46. The molecule has 4 aliphatic rings. The lowest BCUT2D eigenvalue weighted by atomic mass is 9.84. The average molecular weight is 677 g/mol. The minimum absolute atomic E-state index is 0.0732. The lowest BCUT2D eigenvalue weighted by Crippen LogP contribution is -2.61. The maximum atomic E-state index is 14.9. The molecule has 1 aromatic heterocycles. The lowest BCUT2D eigenvalue weighted by molar-refractivity contribution is -0.152. The molecule has 48 heavy (non-hydrogen) atoms. The van der Waals surface area contributed by atoms with Crippen LogP contribution in [0.15, 0.2) is 46.8 Å². The Morgan fingerprint density at radius 2 is 1.69 bits per heavy atom. The van der Waals surface area contributed by atoms with Gasteiger partial charge in [0, 0.05) is 36.9 Å². The van der Waals surface area contributed by atoms with Crippen molar-refractivity contribution in [2.24, 2.45) is 22.4 Å². The Morgan fingerprint density at radius 1 is 0.896 bits per heavy atom. The Labute approximate surface area is 283 Å². The van der Waals surface area contributed by atoms with Crippen molar-refractivity contribution in [2.75, 3.05) is 13.1 Å². The van der Waals surface area contributed by atoms with Gasteiger partial charge in [0.2, 0.25) is 29.5 Å². The number of nitrogens with two attached hydrogens (primary N) is 2. The van der Waals surface area contributed by atoms with Crippen molar-refractivity contribution in [3.05, 3.63) is 57.8 Å². The number of guanidine groups is 1. The highest BCUT2D eigenvalue weighted by Crippen LogP contribution is 2.41. The van der Waals surface area contributed by atoms with E-state index in [0.29, 0.717) is 19.3 Å². The van der Waals surface area contributed by atoms with E-state index < -0.39 is 48.4 Å². The van der Waals surface area contributed by atoms with Gasteiger partial charge in [-0.25, -0.2) is 0 Å². The first-order valence-electron chi connectivity index (χ1n) is 16.8. The molecule has 0 spiro atoms. The molecule has 5 amide bonds. The molecule has 0 bridgehead atoms. The largest absolute Gasteiger partial charge is 0.370 e. The molecule has 7 N–H and O–H groups in total. The van der Waals surface area contributed by atoms with Crippen molar-refractivity contribution < 1.29 is 24.0 Å². The van der Waals surface area contributed by atoms with Crippen LogP contribution < -0.4 is 27.4 Å². The summed E-state index contributed by atoms with van der Waals surface area (Å²) in [6.07, 6.45) is 5.30. The first-order chi connectivity index (χ1) is 23.2. The number of hydrogen-bond acceptors (Lipinski definition) is 7. The molecule has 3 aliphatic heterocycles. The zero-order valence-corrected chi connectivity index (χ0v) is 27.8. The van der Waals surface area contributed by atoms with E-state index in [-0.39, 0.29) is 55.7 Å². The number of thiophene rings is 1. The SMILES string of the molecule is NC(N)=NCCC[C@@H]1NC(=O)[C@@H]2CC3CCCCC3N2C(=O)[C@H]2Cc3ccccc3CN2C(=O)[C@H](Cc2cccs2)NC(=O)CNC1=O. The van der Waals surface area contributed by atoms with Crippen LogP contribution in [0.2, 0.25) is 0 Å². The topological polar surface area (TPSA) is 192 Å². The number of aliphatic imine (C=N–C) groups is 1. The van der Waals surface area contributed by atoms with Crippen molar-refractivity contribution in [1.29, 1.82) is 0 Å². The summed E-state index contributed by atoms with van der Waals surface area (Å²) >= 11 is 1.48. The van der Waals surface area contributed by atoms with Crippen LogP contribution in [-0.2, 0) is 43.4 Å². The molecule has 1 aromatic carbocycles. The third-order valence-corrected chi connectivity index (χ3v) is 11.0. The summed E-state index contributed by atoms with van der Waals surface area (Å²) < 4.78 is 0. The van der Waals surface area contributed by atoms with E-state index in [1.165, 1.54) is 11.3 Å². The minimum atomic E-state index is -0.981. The molecule has 3 fully saturated rings. The highest BCUT2D eigenvalue weighted by molar-refractivity contribution is 7.09. The maximum Gasteiger partial charge on any atom is 0.246 e. The van der Waals surface area contributed by atoms with Crippen molar-refractivity contribution in [3.63, 3.8) is 0 Å². The van der Waals surface area contributed by atoms with Crippen molar-refractivity contribution in [1.82, 2.24) is 25.8 Å². The van der Waals surface area contributed by atoms with Crippen LogP contribution in [0.1, 0.15) is 60.9 Å². The fraction of sp³-hybridized carbons (Fsp3) is 0.529. The molecule has 6 atom stereocenters. The van der Waals surface area contributed by atoms with E-state index in [1.54, 1.807) is 9.80 Å². The summed E-state index contributed by atoms with van der Waals surface area (Å²) in [6.45, 7) is 0.0695. The van der Waals surface area contributed by atoms with Gasteiger partial charge in [0.1, 0.15) is 24.2 Å². The number of amides is 5. The molecule has 1 saturated carbocycles. The molecule has 256 valence electrons. The fourth-order valence-corrected chi connectivity index (χ4v) is 8.52. The highest BCUT2D eigenvalue weighted by atomic mass is 32.1. The number of benzene rings is 1. The third-order valence-electron chi connectivity index (χ3n) is 10.1. The molecular weight excluding hydrogens is 632 g/mol. The van der Waals surface area contributed by atoms with Gasteiger partial charge in [-0.1, -0.05) is 43.2 Å². The summed E-state index contributed by atoms with van der Waals surface area (Å²) in [4.78, 5) is 78.6. The van der Waals surface area contributed by atoms with Crippen molar-refractivity contribution in [3.8, 4) is 0 Å². The maximum absolute atomic E-state index is 14.9. The van der Waals surface area contributed by atoms with Gasteiger partial charge in [-0.15, -0.1) is 11.3 Å². The predicted molar refractivity (Wildman–Crippen MR) is 180 cm³/mol. The Kier molecular flexibility index (Phi) is 10.3. The summed E-state index contributed by atoms with van der Waals surface area (Å²) in [5.74, 6) is -2.07. The second kappa shape index (κ2) is 14.8. The second-order valence-corrected chi connectivity index (χ2v) is 14.2. The molecule has 1 aliphatic carbocycles. The minimum Gasteiger partial charge on any atom is -0.370 e. The quantitative estimate of drug-likeness (QED) is 0.168. The van der Waals surface area contributed by atoms with Crippen LogP contribution >= 0.6 is 11.3 Å². The summed E-state index contributed by atoms with van der Waals surface area (Å²) in [7, 11) is 0. The number of fused-ring (bicyclic) bond motifs is 5. The van der Waals surface area contributed by atoms with E-state index in [4.69, 9.17) is 11.5 Å². The number of carbonyl (C=O) groups is 5. The molecule has 2 saturated heterocycles. The van der Waals surface area contributed by atoms with E-state index in [1.807, 2.05) is 41.8 Å². The number of nitrogens with zero attached hydrogens (tertiary/aromatic N) is 3. The number of rotatable bonds is 6. The second-order valence-electron chi connectivity index (χ2n) is 13.2. The zero-order valence-electron chi connectivity index (χ0n) is 26.9. The molecule has 14 heteroatoms. The van der Waals surface area contributed by atoms with Gasteiger partial charge in [-0.3, -0.25) is 29.0 Å². The normalized spacial score (nSPS) is 28.0. The van der Waals surface area contributed by atoms with Crippen LogP contribution in [0.4, 0.5) is 0 Å². The fourth-order valence-electron chi connectivity index (χ4n) is 7.76. The summed E-state index contributed by atoms with van der Waals surface area (Å²) in [6, 6.07) is 7.82. The smallest absolute Gasteiger partial charge is 0.246 e. The third kappa shape index (κ3) is 7.33. The van der Waals surface area contributed by atoms with Gasteiger partial charge in [0.05, 0.1) is 6.54 Å². The van der Waals surface area contributed by atoms with Gasteiger partial charge < -0.3 is 37.2 Å². The van der Waals surface area contributed by atoms with Crippen LogP contribution in [0.3, 0.4) is 0 Å². The molecule has 2 aromatic rings. The molecule has 6 rings (SSSR count). The predicted octanol–water partition coefficient (Wildman–Crippen LogP) is 0.557. The van der Waals surface area contributed by atoms with Crippen LogP contribution in [0.5, 0.6) is 0 Å². The van der Waals surface area contributed by atoms with E-state index in [9.17, 15) is 24.0 Å². The van der Waals surface area contributed by atoms with E-state index in [2.05, 4.69) is 20.9 Å². The van der Waals surface area contributed by atoms with Gasteiger partial charge in [-0.05, 0) is 60.6 Å². The van der Waals surface area contributed by atoms with Crippen LogP contribution in [-0.4, -0.2) is 88.6 Å². The van der Waals surface area contributed by atoms with Crippen molar-refractivity contribution >= 4 is 46.8 Å². The first kappa shape index (κ1) is 33.4. The average Bonchev–Trinajstić information content (AvgIpc) is 3.74.